The minimum Gasteiger partial charge on any atom is -0.354 e. The number of nitrogens with one attached hydrogen (secondary N) is 1. The quantitative estimate of drug-likeness (QED) is 0.863. The Bertz CT molecular complexity index is 517. The van der Waals surface area contributed by atoms with Crippen LogP contribution in [0.4, 0.5) is 0 Å². The van der Waals surface area contributed by atoms with Crippen LogP contribution in [-0.4, -0.2) is 42.1 Å². The van der Waals surface area contributed by atoms with E-state index in [1.54, 1.807) is 16.7 Å². The molecule has 0 aliphatic carbocycles. The fourth-order valence-electron chi connectivity index (χ4n) is 2.11. The Kier molecular flexibility index (Phi) is 5.06. The Balaban J connectivity index is 1.91. The highest BCUT2D eigenvalue weighted by atomic mass is 32.2. The summed E-state index contributed by atoms with van der Waals surface area (Å²) in [5.41, 5.74) is 2.40. The zero-order valence-corrected chi connectivity index (χ0v) is 12.8. The first-order valence-electron chi connectivity index (χ1n) is 6.81. The molecule has 108 valence electrons. The van der Waals surface area contributed by atoms with Crippen LogP contribution in [0.5, 0.6) is 0 Å². The van der Waals surface area contributed by atoms with Crippen molar-refractivity contribution in [2.75, 3.05) is 25.4 Å². The largest absolute Gasteiger partial charge is 0.354 e. The second-order valence-corrected chi connectivity index (χ2v) is 6.06. The summed E-state index contributed by atoms with van der Waals surface area (Å²) in [7, 11) is 0. The van der Waals surface area contributed by atoms with Crippen molar-refractivity contribution in [2.45, 2.75) is 25.2 Å². The van der Waals surface area contributed by atoms with Crippen LogP contribution in [0.1, 0.15) is 17.5 Å². The fourth-order valence-corrected chi connectivity index (χ4v) is 3.14. The number of rotatable bonds is 3. The van der Waals surface area contributed by atoms with Gasteiger partial charge in [-0.25, -0.2) is 0 Å². The summed E-state index contributed by atoms with van der Waals surface area (Å²) in [6, 6.07) is 6.27. The standard InChI is InChI=1S/C15H20N2O2S/c1-11-3-4-12(2)13(9-11)20-10-15(19)17-7-5-14(18)16-6-8-17/h3-4,9H,5-8,10H2,1-2H3,(H,16,18). The molecule has 20 heavy (non-hydrogen) atoms. The number of nitrogens with zero attached hydrogens (tertiary/aromatic N) is 1. The highest BCUT2D eigenvalue weighted by Crippen LogP contribution is 2.23. The van der Waals surface area contributed by atoms with E-state index in [2.05, 4.69) is 37.4 Å². The van der Waals surface area contributed by atoms with Crippen LogP contribution in [0.15, 0.2) is 23.1 Å². The molecule has 1 N–H and O–H groups in total. The lowest BCUT2D eigenvalue weighted by Crippen LogP contribution is -2.35. The monoisotopic (exact) mass is 292 g/mol. The van der Waals surface area contributed by atoms with E-state index >= 15 is 0 Å². The Labute approximate surface area is 123 Å². The molecule has 4 nitrogen and oxygen atoms in total. The Morgan fingerprint density at radius 1 is 1.35 bits per heavy atom. The average molecular weight is 292 g/mol. The molecule has 1 saturated heterocycles. The van der Waals surface area contributed by atoms with Crippen molar-refractivity contribution in [3.05, 3.63) is 29.3 Å². The molecule has 1 aliphatic rings. The van der Waals surface area contributed by atoms with Gasteiger partial charge in [-0.3, -0.25) is 9.59 Å². The maximum Gasteiger partial charge on any atom is 0.233 e. The van der Waals surface area contributed by atoms with Crippen molar-refractivity contribution in [1.29, 1.82) is 0 Å². The molecule has 0 saturated carbocycles. The summed E-state index contributed by atoms with van der Waals surface area (Å²) in [6.07, 6.45) is 0.403. The van der Waals surface area contributed by atoms with E-state index in [0.717, 1.165) is 4.90 Å². The highest BCUT2D eigenvalue weighted by molar-refractivity contribution is 8.00. The molecular formula is C15H20N2O2S. The number of carbonyl (C=O) groups is 2. The van der Waals surface area contributed by atoms with Crippen LogP contribution in [0, 0.1) is 13.8 Å². The average Bonchev–Trinajstić information content (AvgIpc) is 2.64. The molecular weight excluding hydrogens is 272 g/mol. The molecule has 2 rings (SSSR count). The Hall–Kier alpha value is -1.49. The molecule has 0 bridgehead atoms. The summed E-state index contributed by atoms with van der Waals surface area (Å²) < 4.78 is 0. The topological polar surface area (TPSA) is 49.4 Å². The second-order valence-electron chi connectivity index (χ2n) is 5.04. The smallest absolute Gasteiger partial charge is 0.233 e. The third-order valence-electron chi connectivity index (χ3n) is 3.36. The Morgan fingerprint density at radius 2 is 2.15 bits per heavy atom. The van der Waals surface area contributed by atoms with Gasteiger partial charge in [0, 0.05) is 31.0 Å². The fraction of sp³-hybridized carbons (Fsp3) is 0.467. The van der Waals surface area contributed by atoms with Gasteiger partial charge in [0.1, 0.15) is 0 Å². The van der Waals surface area contributed by atoms with Gasteiger partial charge >= 0.3 is 0 Å². The SMILES string of the molecule is Cc1ccc(C)c(SCC(=O)N2CCNC(=O)CC2)c1. The minimum atomic E-state index is 0.0301. The first-order chi connectivity index (χ1) is 9.56. The van der Waals surface area contributed by atoms with Gasteiger partial charge in [-0.15, -0.1) is 11.8 Å². The van der Waals surface area contributed by atoms with Crippen molar-refractivity contribution < 1.29 is 9.59 Å². The lowest BCUT2D eigenvalue weighted by atomic mass is 10.2. The van der Waals surface area contributed by atoms with Gasteiger partial charge in [0.15, 0.2) is 0 Å². The molecule has 0 aromatic heterocycles. The van der Waals surface area contributed by atoms with Crippen molar-refractivity contribution in [1.82, 2.24) is 10.2 Å². The zero-order valence-electron chi connectivity index (χ0n) is 11.9. The highest BCUT2D eigenvalue weighted by Gasteiger charge is 2.18. The van der Waals surface area contributed by atoms with E-state index < -0.39 is 0 Å². The van der Waals surface area contributed by atoms with Crippen molar-refractivity contribution in [3.8, 4) is 0 Å². The molecule has 0 atom stereocenters. The predicted molar refractivity (Wildman–Crippen MR) is 80.8 cm³/mol. The van der Waals surface area contributed by atoms with Gasteiger partial charge in [-0.1, -0.05) is 17.7 Å². The number of benzene rings is 1. The number of hydrogen-bond acceptors (Lipinski definition) is 3. The van der Waals surface area contributed by atoms with Gasteiger partial charge in [0.2, 0.25) is 11.8 Å². The predicted octanol–water partition coefficient (Wildman–Crippen LogP) is 1.74. The van der Waals surface area contributed by atoms with Crippen LogP contribution >= 0.6 is 11.8 Å². The molecule has 0 unspecified atom stereocenters. The van der Waals surface area contributed by atoms with E-state index in [1.807, 2.05) is 0 Å². The molecule has 1 aromatic carbocycles. The molecule has 0 radical (unpaired) electrons. The van der Waals surface area contributed by atoms with Crippen LogP contribution in [0.25, 0.3) is 0 Å². The third-order valence-corrected chi connectivity index (χ3v) is 4.50. The second kappa shape index (κ2) is 6.79. The van der Waals surface area contributed by atoms with E-state index in [9.17, 15) is 9.59 Å². The number of thioether (sulfide) groups is 1. The van der Waals surface area contributed by atoms with E-state index in [0.29, 0.717) is 31.8 Å². The van der Waals surface area contributed by atoms with Gasteiger partial charge < -0.3 is 10.2 Å². The summed E-state index contributed by atoms with van der Waals surface area (Å²) in [4.78, 5) is 26.4. The van der Waals surface area contributed by atoms with Crippen LogP contribution < -0.4 is 5.32 Å². The molecule has 5 heteroatoms. The summed E-state index contributed by atoms with van der Waals surface area (Å²) in [5, 5.41) is 2.78. The maximum absolute atomic E-state index is 12.2. The van der Waals surface area contributed by atoms with Gasteiger partial charge in [0.25, 0.3) is 0 Å². The molecule has 1 heterocycles. The van der Waals surface area contributed by atoms with E-state index in [1.165, 1.54) is 11.1 Å². The molecule has 2 amide bonds. The van der Waals surface area contributed by atoms with Crippen molar-refractivity contribution >= 4 is 23.6 Å². The lowest BCUT2D eigenvalue weighted by molar-refractivity contribution is -0.128. The van der Waals surface area contributed by atoms with Crippen molar-refractivity contribution in [2.24, 2.45) is 0 Å². The van der Waals surface area contributed by atoms with Gasteiger partial charge in [-0.2, -0.15) is 0 Å². The molecule has 0 spiro atoms. The third kappa shape index (κ3) is 4.00. The Morgan fingerprint density at radius 3 is 2.95 bits per heavy atom. The van der Waals surface area contributed by atoms with Gasteiger partial charge in [0.05, 0.1) is 5.75 Å². The number of carbonyl (C=O) groups excluding carboxylic acids is 2. The first kappa shape index (κ1) is 14.9. The normalized spacial score (nSPS) is 15.7. The summed E-state index contributed by atoms with van der Waals surface area (Å²) >= 11 is 1.57. The number of aryl methyl sites for hydroxylation is 2. The maximum atomic E-state index is 12.2. The van der Waals surface area contributed by atoms with Gasteiger partial charge in [-0.05, 0) is 25.5 Å². The summed E-state index contributed by atoms with van der Waals surface area (Å²) in [5.74, 6) is 0.563. The molecule has 1 fully saturated rings. The minimum absolute atomic E-state index is 0.0301. The van der Waals surface area contributed by atoms with Crippen LogP contribution in [-0.2, 0) is 9.59 Å². The van der Waals surface area contributed by atoms with E-state index in [-0.39, 0.29) is 11.8 Å². The van der Waals surface area contributed by atoms with Crippen molar-refractivity contribution in [3.63, 3.8) is 0 Å². The number of amides is 2. The van der Waals surface area contributed by atoms with Crippen LogP contribution in [0.3, 0.4) is 0 Å². The van der Waals surface area contributed by atoms with Crippen LogP contribution in [0.2, 0.25) is 0 Å². The van der Waals surface area contributed by atoms with E-state index in [4.69, 9.17) is 0 Å². The molecule has 1 aromatic rings. The lowest BCUT2D eigenvalue weighted by Gasteiger charge is -2.19. The first-order valence-corrected chi connectivity index (χ1v) is 7.79. The zero-order chi connectivity index (χ0) is 14.5. The molecule has 1 aliphatic heterocycles. The summed E-state index contributed by atoms with van der Waals surface area (Å²) in [6.45, 7) is 5.80. The number of hydrogen-bond donors (Lipinski definition) is 1.